The molecule has 0 saturated heterocycles. The van der Waals surface area contributed by atoms with Crippen molar-refractivity contribution in [2.24, 2.45) is 5.73 Å². The van der Waals surface area contributed by atoms with Gasteiger partial charge in [-0.05, 0) is 47.9 Å². The van der Waals surface area contributed by atoms with Crippen LogP contribution in [0.15, 0.2) is 54.6 Å². The molecule has 0 aliphatic carbocycles. The summed E-state index contributed by atoms with van der Waals surface area (Å²) in [5.41, 5.74) is 9.07. The van der Waals surface area contributed by atoms with Gasteiger partial charge in [0.05, 0.1) is 5.56 Å². The maximum Gasteiger partial charge on any atom is 0.130 e. The first-order valence-electron chi connectivity index (χ1n) is 8.21. The van der Waals surface area contributed by atoms with E-state index < -0.39 is 0 Å². The van der Waals surface area contributed by atoms with Gasteiger partial charge >= 0.3 is 0 Å². The third-order valence-electron chi connectivity index (χ3n) is 4.29. The normalized spacial score (nSPS) is 10.6. The molecule has 0 fully saturated rings. The molecular weight excluding hydrogens is 330 g/mol. The van der Waals surface area contributed by atoms with Crippen molar-refractivity contribution < 1.29 is 9.47 Å². The fraction of sp³-hybridized carbons (Fsp3) is 0.190. The molecule has 0 aliphatic rings. The molecule has 0 unspecified atom stereocenters. The molecule has 3 nitrogen and oxygen atoms in total. The zero-order valence-electron chi connectivity index (χ0n) is 14.4. The van der Waals surface area contributed by atoms with Gasteiger partial charge in [0.2, 0.25) is 0 Å². The van der Waals surface area contributed by atoms with E-state index >= 15 is 0 Å². The summed E-state index contributed by atoms with van der Waals surface area (Å²) in [4.78, 5) is 0.335. The minimum atomic E-state index is 0.335. The van der Waals surface area contributed by atoms with Gasteiger partial charge in [0.15, 0.2) is 0 Å². The van der Waals surface area contributed by atoms with Gasteiger partial charge in [-0.2, -0.15) is 0 Å². The fourth-order valence-electron chi connectivity index (χ4n) is 2.81. The second kappa shape index (κ2) is 7.53. The van der Waals surface area contributed by atoms with Crippen molar-refractivity contribution in [3.05, 3.63) is 71.3 Å². The molecule has 128 valence electrons. The van der Waals surface area contributed by atoms with Crippen LogP contribution in [0.4, 0.5) is 0 Å². The van der Waals surface area contributed by atoms with Crippen LogP contribution < -0.4 is 15.2 Å². The van der Waals surface area contributed by atoms with Crippen LogP contribution in [0.2, 0.25) is 0 Å². The first kappa shape index (κ1) is 17.2. The maximum absolute atomic E-state index is 5.93. The van der Waals surface area contributed by atoms with Gasteiger partial charge in [-0.25, -0.2) is 0 Å². The molecule has 0 radical (unpaired) electrons. The molecule has 0 bridgehead atoms. The van der Waals surface area contributed by atoms with E-state index in [2.05, 4.69) is 19.9 Å². The van der Waals surface area contributed by atoms with Crippen molar-refractivity contribution in [2.45, 2.75) is 13.8 Å². The summed E-state index contributed by atoms with van der Waals surface area (Å²) in [5, 5.41) is 2.09. The largest absolute Gasteiger partial charge is 0.490 e. The molecule has 3 aromatic carbocycles. The molecule has 0 heterocycles. The van der Waals surface area contributed by atoms with Crippen LogP contribution in [0, 0.1) is 13.8 Å². The second-order valence-electron chi connectivity index (χ2n) is 5.92. The van der Waals surface area contributed by atoms with Gasteiger partial charge in [-0.1, -0.05) is 54.7 Å². The van der Waals surface area contributed by atoms with Crippen molar-refractivity contribution in [1.29, 1.82) is 0 Å². The van der Waals surface area contributed by atoms with Crippen molar-refractivity contribution >= 4 is 28.0 Å². The Labute approximate surface area is 153 Å². The summed E-state index contributed by atoms with van der Waals surface area (Å²) in [7, 11) is 0. The Morgan fingerprint density at radius 3 is 2.36 bits per heavy atom. The standard InChI is InChI=1S/C21H21NO2S/c1-14-6-5-9-18(15(14)2)23-12-13-24-19-11-10-16-7-3-4-8-17(16)20(19)21(22)25/h3-11H,12-13H2,1-2H3,(H2,22,25). The lowest BCUT2D eigenvalue weighted by Gasteiger charge is -2.15. The number of fused-ring (bicyclic) bond motifs is 1. The minimum absolute atomic E-state index is 0.335. The quantitative estimate of drug-likeness (QED) is 0.523. The lowest BCUT2D eigenvalue weighted by atomic mass is 10.0. The number of benzene rings is 3. The van der Waals surface area contributed by atoms with Gasteiger partial charge in [0, 0.05) is 0 Å². The highest BCUT2D eigenvalue weighted by Gasteiger charge is 2.11. The Hall–Kier alpha value is -2.59. The molecule has 0 amide bonds. The molecule has 0 saturated carbocycles. The number of aryl methyl sites for hydroxylation is 1. The summed E-state index contributed by atoms with van der Waals surface area (Å²) < 4.78 is 11.7. The van der Waals surface area contributed by atoms with Gasteiger partial charge < -0.3 is 15.2 Å². The number of thiocarbonyl (C=S) groups is 1. The van der Waals surface area contributed by atoms with E-state index in [1.807, 2.05) is 48.5 Å². The minimum Gasteiger partial charge on any atom is -0.490 e. The first-order valence-corrected chi connectivity index (χ1v) is 8.62. The van der Waals surface area contributed by atoms with Crippen molar-refractivity contribution in [3.63, 3.8) is 0 Å². The lowest BCUT2D eigenvalue weighted by molar-refractivity contribution is 0.216. The van der Waals surface area contributed by atoms with E-state index in [0.717, 1.165) is 27.6 Å². The Kier molecular flexibility index (Phi) is 5.19. The monoisotopic (exact) mass is 351 g/mol. The molecule has 0 spiro atoms. The zero-order chi connectivity index (χ0) is 17.8. The van der Waals surface area contributed by atoms with Crippen molar-refractivity contribution in [1.82, 2.24) is 0 Å². The highest BCUT2D eigenvalue weighted by Crippen LogP contribution is 2.28. The van der Waals surface area contributed by atoms with Crippen LogP contribution in [-0.2, 0) is 0 Å². The van der Waals surface area contributed by atoms with Crippen LogP contribution >= 0.6 is 12.2 Å². The molecule has 2 N–H and O–H groups in total. The van der Waals surface area contributed by atoms with Crippen molar-refractivity contribution in [2.75, 3.05) is 13.2 Å². The predicted molar refractivity (Wildman–Crippen MR) is 107 cm³/mol. The number of nitrogens with two attached hydrogens (primary N) is 1. The molecule has 0 aliphatic heterocycles. The molecule has 3 aromatic rings. The summed E-state index contributed by atoms with van der Waals surface area (Å²) in [6, 6.07) is 18.0. The molecule has 25 heavy (non-hydrogen) atoms. The third-order valence-corrected chi connectivity index (χ3v) is 4.49. The number of hydrogen-bond acceptors (Lipinski definition) is 3. The molecule has 3 rings (SSSR count). The Morgan fingerprint density at radius 1 is 0.880 bits per heavy atom. The average molecular weight is 351 g/mol. The van der Waals surface area contributed by atoms with E-state index in [-0.39, 0.29) is 0 Å². The SMILES string of the molecule is Cc1cccc(OCCOc2ccc3ccccc3c2C(N)=S)c1C. The van der Waals surface area contributed by atoms with E-state index in [0.29, 0.717) is 24.0 Å². The lowest BCUT2D eigenvalue weighted by Crippen LogP contribution is -2.15. The van der Waals surface area contributed by atoms with Crippen LogP contribution in [0.1, 0.15) is 16.7 Å². The topological polar surface area (TPSA) is 44.5 Å². The van der Waals surface area contributed by atoms with E-state index in [4.69, 9.17) is 27.4 Å². The van der Waals surface area contributed by atoms with Crippen LogP contribution in [0.3, 0.4) is 0 Å². The summed E-state index contributed by atoms with van der Waals surface area (Å²) in [6.45, 7) is 5.00. The molecular formula is C21H21NO2S. The Balaban J connectivity index is 1.72. The smallest absolute Gasteiger partial charge is 0.130 e. The van der Waals surface area contributed by atoms with Gasteiger partial charge in [0.1, 0.15) is 29.7 Å². The molecule has 0 atom stereocenters. The van der Waals surface area contributed by atoms with E-state index in [1.54, 1.807) is 0 Å². The van der Waals surface area contributed by atoms with E-state index in [9.17, 15) is 0 Å². The second-order valence-corrected chi connectivity index (χ2v) is 6.36. The first-order chi connectivity index (χ1) is 12.1. The number of rotatable bonds is 6. The maximum atomic E-state index is 5.93. The van der Waals surface area contributed by atoms with E-state index in [1.165, 1.54) is 5.56 Å². The summed E-state index contributed by atoms with van der Waals surface area (Å²) >= 11 is 5.23. The van der Waals surface area contributed by atoms with Crippen LogP contribution in [0.25, 0.3) is 10.8 Å². The molecule has 0 aromatic heterocycles. The molecule has 4 heteroatoms. The predicted octanol–water partition coefficient (Wildman–Crippen LogP) is 4.55. The van der Waals surface area contributed by atoms with Crippen LogP contribution in [-0.4, -0.2) is 18.2 Å². The summed E-state index contributed by atoms with van der Waals surface area (Å²) in [6.07, 6.45) is 0. The van der Waals surface area contributed by atoms with Gasteiger partial charge in [-0.15, -0.1) is 0 Å². The van der Waals surface area contributed by atoms with Crippen molar-refractivity contribution in [3.8, 4) is 11.5 Å². The fourth-order valence-corrected chi connectivity index (χ4v) is 3.02. The summed E-state index contributed by atoms with van der Waals surface area (Å²) in [5.74, 6) is 1.58. The third kappa shape index (κ3) is 3.74. The van der Waals surface area contributed by atoms with Gasteiger partial charge in [-0.3, -0.25) is 0 Å². The highest BCUT2D eigenvalue weighted by atomic mass is 32.1. The Bertz CT molecular complexity index is 921. The average Bonchev–Trinajstić information content (AvgIpc) is 2.61. The number of hydrogen-bond donors (Lipinski definition) is 1. The van der Waals surface area contributed by atoms with Crippen LogP contribution in [0.5, 0.6) is 11.5 Å². The zero-order valence-corrected chi connectivity index (χ0v) is 15.2. The van der Waals surface area contributed by atoms with Gasteiger partial charge in [0.25, 0.3) is 0 Å². The highest BCUT2D eigenvalue weighted by molar-refractivity contribution is 7.80. The number of ether oxygens (including phenoxy) is 2. The Morgan fingerprint density at radius 2 is 1.60 bits per heavy atom.